The summed E-state index contributed by atoms with van der Waals surface area (Å²) < 4.78 is 11.0. The maximum absolute atomic E-state index is 10.4. The van der Waals surface area contributed by atoms with Gasteiger partial charge in [-0.15, -0.1) is 0 Å². The van der Waals surface area contributed by atoms with Gasteiger partial charge in [-0.25, -0.2) is 0 Å². The molecule has 1 N–H and O–H groups in total. The first-order chi connectivity index (χ1) is 9.60. The molecule has 1 aromatic rings. The number of nitrogens with zero attached hydrogens (tertiary/aromatic N) is 1. The summed E-state index contributed by atoms with van der Waals surface area (Å²) in [6.07, 6.45) is -0.239. The summed E-state index contributed by atoms with van der Waals surface area (Å²) in [7, 11) is 0. The van der Waals surface area contributed by atoms with Crippen molar-refractivity contribution in [3.05, 3.63) is 29.8 Å². The Kier molecular flexibility index (Phi) is 5.40. The Bertz CT molecular complexity index is 407. The van der Waals surface area contributed by atoms with E-state index in [1.807, 2.05) is 31.2 Å². The maximum atomic E-state index is 10.4. The fourth-order valence-electron chi connectivity index (χ4n) is 2.51. The van der Waals surface area contributed by atoms with Gasteiger partial charge < -0.3 is 14.6 Å². The average molecular weight is 279 g/mol. The van der Waals surface area contributed by atoms with Gasteiger partial charge in [0.05, 0.1) is 25.4 Å². The topological polar surface area (TPSA) is 41.9 Å². The van der Waals surface area contributed by atoms with Crippen molar-refractivity contribution in [1.29, 1.82) is 0 Å². The van der Waals surface area contributed by atoms with Gasteiger partial charge in [0.1, 0.15) is 5.75 Å². The third-order valence-electron chi connectivity index (χ3n) is 3.72. The lowest BCUT2D eigenvalue weighted by Gasteiger charge is -2.37. The van der Waals surface area contributed by atoms with Crippen molar-refractivity contribution >= 4 is 0 Å². The molecule has 20 heavy (non-hydrogen) atoms. The van der Waals surface area contributed by atoms with Crippen LogP contribution in [0.15, 0.2) is 24.3 Å². The van der Waals surface area contributed by atoms with Crippen molar-refractivity contribution < 1.29 is 14.6 Å². The Morgan fingerprint density at radius 2 is 2.05 bits per heavy atom. The van der Waals surface area contributed by atoms with E-state index in [-0.39, 0.29) is 6.10 Å². The summed E-state index contributed by atoms with van der Waals surface area (Å²) >= 11 is 0. The second kappa shape index (κ2) is 7.07. The van der Waals surface area contributed by atoms with Crippen LogP contribution in [-0.2, 0) is 4.74 Å². The molecule has 0 aromatic heterocycles. The van der Waals surface area contributed by atoms with Crippen molar-refractivity contribution in [3.63, 3.8) is 0 Å². The molecule has 3 unspecified atom stereocenters. The van der Waals surface area contributed by atoms with E-state index in [1.54, 1.807) is 0 Å². The van der Waals surface area contributed by atoms with E-state index in [0.717, 1.165) is 24.5 Å². The van der Waals surface area contributed by atoms with Gasteiger partial charge in [-0.2, -0.15) is 0 Å². The summed E-state index contributed by atoms with van der Waals surface area (Å²) in [5.74, 6) is 0.844. The van der Waals surface area contributed by atoms with Gasteiger partial charge in [0, 0.05) is 19.1 Å². The largest absolute Gasteiger partial charge is 0.494 e. The molecule has 3 atom stereocenters. The SMILES string of the molecule is CCOc1ccc(C(O)CN2CC(C)OCC2C)cc1. The minimum atomic E-state index is -0.474. The van der Waals surface area contributed by atoms with Gasteiger partial charge in [0.25, 0.3) is 0 Å². The molecule has 0 amide bonds. The second-order valence-electron chi connectivity index (χ2n) is 5.46. The van der Waals surface area contributed by atoms with Crippen LogP contribution in [0.25, 0.3) is 0 Å². The fraction of sp³-hybridized carbons (Fsp3) is 0.625. The predicted octanol–water partition coefficient (Wildman–Crippen LogP) is 2.23. The van der Waals surface area contributed by atoms with Crippen molar-refractivity contribution in [3.8, 4) is 5.75 Å². The number of benzene rings is 1. The van der Waals surface area contributed by atoms with Gasteiger partial charge >= 0.3 is 0 Å². The fourth-order valence-corrected chi connectivity index (χ4v) is 2.51. The molecule has 0 radical (unpaired) electrons. The normalized spacial score (nSPS) is 25.4. The van der Waals surface area contributed by atoms with Gasteiger partial charge in [0.2, 0.25) is 0 Å². The van der Waals surface area contributed by atoms with Crippen LogP contribution in [0, 0.1) is 0 Å². The zero-order valence-corrected chi connectivity index (χ0v) is 12.6. The summed E-state index contributed by atoms with van der Waals surface area (Å²) in [5.41, 5.74) is 0.930. The number of β-amino-alcohol motifs (C(OH)–C–C–N with tert-alkyl or cyclic N) is 1. The van der Waals surface area contributed by atoms with Crippen LogP contribution in [0.5, 0.6) is 5.75 Å². The van der Waals surface area contributed by atoms with Gasteiger partial charge in [0.15, 0.2) is 0 Å². The molecule has 0 saturated carbocycles. The molecule has 112 valence electrons. The molecule has 1 aliphatic rings. The molecule has 1 aromatic carbocycles. The van der Waals surface area contributed by atoms with E-state index >= 15 is 0 Å². The van der Waals surface area contributed by atoms with E-state index in [0.29, 0.717) is 19.2 Å². The average Bonchev–Trinajstić information content (AvgIpc) is 2.44. The maximum Gasteiger partial charge on any atom is 0.119 e. The summed E-state index contributed by atoms with van der Waals surface area (Å²) in [6, 6.07) is 8.04. The number of ether oxygens (including phenoxy) is 2. The number of hydrogen-bond donors (Lipinski definition) is 1. The molecular weight excluding hydrogens is 254 g/mol. The van der Waals surface area contributed by atoms with E-state index in [1.165, 1.54) is 0 Å². The number of aliphatic hydroxyl groups excluding tert-OH is 1. The highest BCUT2D eigenvalue weighted by Gasteiger charge is 2.25. The third-order valence-corrected chi connectivity index (χ3v) is 3.72. The monoisotopic (exact) mass is 279 g/mol. The smallest absolute Gasteiger partial charge is 0.119 e. The summed E-state index contributed by atoms with van der Waals surface area (Å²) in [5, 5.41) is 10.4. The minimum Gasteiger partial charge on any atom is -0.494 e. The number of rotatable bonds is 5. The minimum absolute atomic E-state index is 0.235. The predicted molar refractivity (Wildman–Crippen MR) is 79.0 cm³/mol. The van der Waals surface area contributed by atoms with Crippen molar-refractivity contribution in [2.24, 2.45) is 0 Å². The van der Waals surface area contributed by atoms with Crippen LogP contribution in [0.1, 0.15) is 32.4 Å². The molecule has 1 heterocycles. The quantitative estimate of drug-likeness (QED) is 0.897. The molecule has 0 aliphatic carbocycles. The highest BCUT2D eigenvalue weighted by Crippen LogP contribution is 2.21. The van der Waals surface area contributed by atoms with E-state index in [4.69, 9.17) is 9.47 Å². The van der Waals surface area contributed by atoms with E-state index in [2.05, 4.69) is 18.7 Å². The van der Waals surface area contributed by atoms with Gasteiger partial charge in [-0.05, 0) is 38.5 Å². The molecule has 1 saturated heterocycles. The molecule has 4 heteroatoms. The highest BCUT2D eigenvalue weighted by atomic mass is 16.5. The van der Waals surface area contributed by atoms with Crippen molar-refractivity contribution in [2.75, 3.05) is 26.3 Å². The lowest BCUT2D eigenvalue weighted by atomic mass is 10.1. The zero-order chi connectivity index (χ0) is 14.5. The lowest BCUT2D eigenvalue weighted by molar-refractivity contribution is -0.0619. The third kappa shape index (κ3) is 3.95. The summed E-state index contributed by atoms with van der Waals surface area (Å²) in [6.45, 7) is 9.07. The Morgan fingerprint density at radius 1 is 1.35 bits per heavy atom. The first kappa shape index (κ1) is 15.3. The van der Waals surface area contributed by atoms with Gasteiger partial charge in [-0.3, -0.25) is 4.90 Å². The van der Waals surface area contributed by atoms with E-state index < -0.39 is 6.10 Å². The zero-order valence-electron chi connectivity index (χ0n) is 12.6. The molecule has 0 bridgehead atoms. The Morgan fingerprint density at radius 3 is 2.70 bits per heavy atom. The molecule has 4 nitrogen and oxygen atoms in total. The van der Waals surface area contributed by atoms with E-state index in [9.17, 15) is 5.11 Å². The standard InChI is InChI=1S/C16H25NO3/c1-4-19-15-7-5-14(6-8-15)16(18)10-17-9-13(3)20-11-12(17)2/h5-8,12-13,16,18H,4,9-11H2,1-3H3. The Labute approximate surface area is 121 Å². The highest BCUT2D eigenvalue weighted by molar-refractivity contribution is 5.28. The van der Waals surface area contributed by atoms with Crippen molar-refractivity contribution in [1.82, 2.24) is 4.90 Å². The molecule has 2 rings (SSSR count). The molecule has 1 aliphatic heterocycles. The van der Waals surface area contributed by atoms with Crippen LogP contribution >= 0.6 is 0 Å². The Balaban J connectivity index is 1.94. The molecule has 1 fully saturated rings. The number of aliphatic hydroxyl groups is 1. The first-order valence-electron chi connectivity index (χ1n) is 7.36. The van der Waals surface area contributed by atoms with Crippen LogP contribution < -0.4 is 4.74 Å². The second-order valence-corrected chi connectivity index (χ2v) is 5.46. The molecule has 0 spiro atoms. The lowest BCUT2D eigenvalue weighted by Crippen LogP contribution is -2.48. The van der Waals surface area contributed by atoms with Crippen molar-refractivity contribution in [2.45, 2.75) is 39.0 Å². The summed E-state index contributed by atoms with van der Waals surface area (Å²) in [4.78, 5) is 2.29. The Hall–Kier alpha value is -1.10. The van der Waals surface area contributed by atoms with Crippen LogP contribution in [0.4, 0.5) is 0 Å². The van der Waals surface area contributed by atoms with Crippen LogP contribution in [0.3, 0.4) is 0 Å². The molecular formula is C16H25NO3. The van der Waals surface area contributed by atoms with Crippen LogP contribution in [0.2, 0.25) is 0 Å². The number of morpholine rings is 1. The van der Waals surface area contributed by atoms with Gasteiger partial charge in [-0.1, -0.05) is 12.1 Å². The number of hydrogen-bond acceptors (Lipinski definition) is 4. The van der Waals surface area contributed by atoms with Crippen LogP contribution in [-0.4, -0.2) is 48.5 Å². The first-order valence-corrected chi connectivity index (χ1v) is 7.36.